The summed E-state index contributed by atoms with van der Waals surface area (Å²) >= 11 is 0. The SMILES string of the molecule is COCCc1noc(C2CN(C(=O)c3ccccn3)C2)n1. The number of hydrogen-bond donors (Lipinski definition) is 0. The lowest BCUT2D eigenvalue weighted by molar-refractivity contribution is 0.0563. The maximum Gasteiger partial charge on any atom is 0.272 e. The summed E-state index contributed by atoms with van der Waals surface area (Å²) in [5, 5.41) is 3.90. The van der Waals surface area contributed by atoms with Gasteiger partial charge in [-0.15, -0.1) is 0 Å². The minimum absolute atomic E-state index is 0.0639. The summed E-state index contributed by atoms with van der Waals surface area (Å²) in [7, 11) is 1.63. The van der Waals surface area contributed by atoms with Crippen LogP contribution in [0.25, 0.3) is 0 Å². The molecule has 2 aromatic rings. The Morgan fingerprint density at radius 2 is 2.33 bits per heavy atom. The Hall–Kier alpha value is -2.28. The van der Waals surface area contributed by atoms with Crippen LogP contribution in [0.2, 0.25) is 0 Å². The molecule has 0 aliphatic carbocycles. The van der Waals surface area contributed by atoms with Gasteiger partial charge in [-0.05, 0) is 12.1 Å². The number of nitrogens with zero attached hydrogens (tertiary/aromatic N) is 4. The van der Waals surface area contributed by atoms with Crippen molar-refractivity contribution in [2.24, 2.45) is 0 Å². The van der Waals surface area contributed by atoms with E-state index in [2.05, 4.69) is 15.1 Å². The molecule has 1 amide bonds. The molecule has 0 saturated carbocycles. The second kappa shape index (κ2) is 6.01. The molecule has 1 fully saturated rings. The second-order valence-corrected chi connectivity index (χ2v) is 4.91. The van der Waals surface area contributed by atoms with Crippen LogP contribution in [-0.4, -0.2) is 52.7 Å². The molecule has 7 heteroatoms. The van der Waals surface area contributed by atoms with Crippen molar-refractivity contribution in [3.05, 3.63) is 41.8 Å². The molecule has 0 spiro atoms. The molecule has 7 nitrogen and oxygen atoms in total. The number of amides is 1. The topological polar surface area (TPSA) is 81.4 Å². The van der Waals surface area contributed by atoms with E-state index in [-0.39, 0.29) is 11.8 Å². The van der Waals surface area contributed by atoms with Crippen LogP contribution in [0.5, 0.6) is 0 Å². The van der Waals surface area contributed by atoms with Crippen molar-refractivity contribution in [1.29, 1.82) is 0 Å². The van der Waals surface area contributed by atoms with Gasteiger partial charge >= 0.3 is 0 Å². The van der Waals surface area contributed by atoms with E-state index >= 15 is 0 Å². The average Bonchev–Trinajstić information content (AvgIpc) is 2.93. The number of methoxy groups -OCH3 is 1. The molecule has 1 aliphatic rings. The van der Waals surface area contributed by atoms with E-state index in [0.29, 0.717) is 43.5 Å². The monoisotopic (exact) mass is 288 g/mol. The van der Waals surface area contributed by atoms with Crippen molar-refractivity contribution in [3.8, 4) is 0 Å². The molecule has 2 aromatic heterocycles. The maximum atomic E-state index is 12.1. The van der Waals surface area contributed by atoms with E-state index in [0.717, 1.165) is 0 Å². The zero-order valence-electron chi connectivity index (χ0n) is 11.7. The fourth-order valence-electron chi connectivity index (χ4n) is 2.18. The van der Waals surface area contributed by atoms with Gasteiger partial charge in [-0.25, -0.2) is 0 Å². The minimum Gasteiger partial charge on any atom is -0.384 e. The average molecular weight is 288 g/mol. The first-order valence-corrected chi connectivity index (χ1v) is 6.79. The van der Waals surface area contributed by atoms with Crippen LogP contribution in [0.1, 0.15) is 28.1 Å². The zero-order valence-corrected chi connectivity index (χ0v) is 11.7. The number of likely N-dealkylation sites (tertiary alicyclic amines) is 1. The summed E-state index contributed by atoms with van der Waals surface area (Å²) in [6.07, 6.45) is 2.24. The number of aromatic nitrogens is 3. The summed E-state index contributed by atoms with van der Waals surface area (Å²) in [5.41, 5.74) is 0.460. The largest absolute Gasteiger partial charge is 0.384 e. The fraction of sp³-hybridized carbons (Fsp3) is 0.429. The summed E-state index contributed by atoms with van der Waals surface area (Å²) < 4.78 is 10.2. The Kier molecular flexibility index (Phi) is 3.92. The van der Waals surface area contributed by atoms with Crippen LogP contribution in [-0.2, 0) is 11.2 Å². The molecule has 0 aromatic carbocycles. The smallest absolute Gasteiger partial charge is 0.272 e. The van der Waals surface area contributed by atoms with E-state index in [9.17, 15) is 4.79 Å². The molecule has 0 N–H and O–H groups in total. The number of carbonyl (C=O) groups excluding carboxylic acids is 1. The van der Waals surface area contributed by atoms with Crippen LogP contribution < -0.4 is 0 Å². The number of hydrogen-bond acceptors (Lipinski definition) is 6. The maximum absolute atomic E-state index is 12.1. The molecule has 0 atom stereocenters. The van der Waals surface area contributed by atoms with Crippen molar-refractivity contribution < 1.29 is 14.1 Å². The fourth-order valence-corrected chi connectivity index (χ4v) is 2.18. The second-order valence-electron chi connectivity index (χ2n) is 4.91. The van der Waals surface area contributed by atoms with Gasteiger partial charge in [0.2, 0.25) is 5.89 Å². The van der Waals surface area contributed by atoms with Gasteiger partial charge in [0.05, 0.1) is 12.5 Å². The lowest BCUT2D eigenvalue weighted by Gasteiger charge is -2.36. The number of ether oxygens (including phenoxy) is 1. The highest BCUT2D eigenvalue weighted by Gasteiger charge is 2.36. The lowest BCUT2D eigenvalue weighted by Crippen LogP contribution is -2.48. The quantitative estimate of drug-likeness (QED) is 0.813. The molecule has 0 unspecified atom stereocenters. The van der Waals surface area contributed by atoms with E-state index in [1.165, 1.54) is 0 Å². The third-order valence-corrected chi connectivity index (χ3v) is 3.42. The molecule has 21 heavy (non-hydrogen) atoms. The van der Waals surface area contributed by atoms with Crippen LogP contribution in [0.3, 0.4) is 0 Å². The van der Waals surface area contributed by atoms with E-state index in [1.54, 1.807) is 36.4 Å². The first-order valence-electron chi connectivity index (χ1n) is 6.79. The van der Waals surface area contributed by atoms with Crippen molar-refractivity contribution in [3.63, 3.8) is 0 Å². The van der Waals surface area contributed by atoms with Gasteiger partial charge in [-0.2, -0.15) is 4.98 Å². The summed E-state index contributed by atoms with van der Waals surface area (Å²) in [5.74, 6) is 1.28. The van der Waals surface area contributed by atoms with Gasteiger partial charge in [-0.3, -0.25) is 9.78 Å². The van der Waals surface area contributed by atoms with Crippen molar-refractivity contribution in [2.75, 3.05) is 26.8 Å². The molecule has 3 rings (SSSR count). The summed E-state index contributed by atoms with van der Waals surface area (Å²) in [4.78, 5) is 22.2. The first kappa shape index (κ1) is 13.7. The first-order chi connectivity index (χ1) is 10.3. The Morgan fingerprint density at radius 1 is 1.48 bits per heavy atom. The van der Waals surface area contributed by atoms with Gasteiger partial charge in [0.1, 0.15) is 5.69 Å². The van der Waals surface area contributed by atoms with Crippen LogP contribution >= 0.6 is 0 Å². The highest BCUT2D eigenvalue weighted by Crippen LogP contribution is 2.26. The normalized spacial score (nSPS) is 15.0. The molecule has 0 radical (unpaired) electrons. The van der Waals surface area contributed by atoms with Gasteiger partial charge in [0.15, 0.2) is 5.82 Å². The molecular weight excluding hydrogens is 272 g/mol. The lowest BCUT2D eigenvalue weighted by atomic mass is 9.99. The van der Waals surface area contributed by atoms with Gasteiger partial charge in [0, 0.05) is 32.8 Å². The molecule has 1 aliphatic heterocycles. The Morgan fingerprint density at radius 3 is 3.05 bits per heavy atom. The van der Waals surface area contributed by atoms with Crippen molar-refractivity contribution >= 4 is 5.91 Å². The van der Waals surface area contributed by atoms with Gasteiger partial charge in [-0.1, -0.05) is 11.2 Å². The number of rotatable bonds is 5. The molecular formula is C14H16N4O3. The van der Waals surface area contributed by atoms with E-state index in [4.69, 9.17) is 9.26 Å². The van der Waals surface area contributed by atoms with Crippen LogP contribution in [0.4, 0.5) is 0 Å². The Bertz CT molecular complexity index is 608. The van der Waals surface area contributed by atoms with Crippen LogP contribution in [0.15, 0.2) is 28.9 Å². The summed E-state index contributed by atoms with van der Waals surface area (Å²) in [6, 6.07) is 5.30. The Labute approximate surface area is 121 Å². The Balaban J connectivity index is 1.56. The minimum atomic E-state index is -0.0639. The predicted molar refractivity (Wildman–Crippen MR) is 72.8 cm³/mol. The van der Waals surface area contributed by atoms with E-state index < -0.39 is 0 Å². The number of carbonyl (C=O) groups is 1. The summed E-state index contributed by atoms with van der Waals surface area (Å²) in [6.45, 7) is 1.73. The van der Waals surface area contributed by atoms with Gasteiger partial charge < -0.3 is 14.2 Å². The number of pyridine rings is 1. The molecule has 0 bridgehead atoms. The third-order valence-electron chi connectivity index (χ3n) is 3.42. The standard InChI is InChI=1S/C14H16N4O3/c1-20-7-5-12-16-13(21-17-12)10-8-18(9-10)14(19)11-4-2-3-6-15-11/h2-4,6,10H,5,7-9H2,1H3. The van der Waals surface area contributed by atoms with Crippen molar-refractivity contribution in [1.82, 2.24) is 20.0 Å². The predicted octanol–water partition coefficient (Wildman–Crippen LogP) is 0.893. The molecule has 3 heterocycles. The van der Waals surface area contributed by atoms with Gasteiger partial charge in [0.25, 0.3) is 5.91 Å². The molecule has 110 valence electrons. The van der Waals surface area contributed by atoms with Crippen LogP contribution in [0, 0.1) is 0 Å². The highest BCUT2D eigenvalue weighted by atomic mass is 16.5. The molecule has 1 saturated heterocycles. The third kappa shape index (κ3) is 2.92. The highest BCUT2D eigenvalue weighted by molar-refractivity contribution is 5.92. The van der Waals surface area contributed by atoms with E-state index in [1.807, 2.05) is 0 Å². The van der Waals surface area contributed by atoms with Crippen molar-refractivity contribution in [2.45, 2.75) is 12.3 Å². The zero-order chi connectivity index (χ0) is 14.7.